The van der Waals surface area contributed by atoms with Crippen LogP contribution < -0.4 is 5.32 Å². The minimum atomic E-state index is -0.576. The number of amides is 1. The lowest BCUT2D eigenvalue weighted by Crippen LogP contribution is -2.44. The molecule has 1 amide bonds. The van der Waals surface area contributed by atoms with Crippen molar-refractivity contribution in [3.05, 3.63) is 82.6 Å². The molecule has 0 spiro atoms. The van der Waals surface area contributed by atoms with Gasteiger partial charge in [0.05, 0.1) is 19.6 Å². The number of alkyl carbamates (subject to hydrolysis) is 1. The number of methoxy groups -OCH3 is 1. The number of rotatable bonds is 7. The van der Waals surface area contributed by atoms with Gasteiger partial charge in [-0.3, -0.25) is 4.79 Å². The molecule has 2 aliphatic carbocycles. The molecule has 3 rings (SSSR count). The summed E-state index contributed by atoms with van der Waals surface area (Å²) in [5, 5.41) is 3.66. The van der Waals surface area contributed by atoms with Crippen molar-refractivity contribution in [2.24, 2.45) is 5.92 Å². The van der Waals surface area contributed by atoms with E-state index in [1.807, 2.05) is 76.3 Å². The molecule has 1 aromatic carbocycles. The van der Waals surface area contributed by atoms with Gasteiger partial charge < -0.3 is 19.7 Å². The van der Waals surface area contributed by atoms with E-state index in [4.69, 9.17) is 21.1 Å². The Hall–Kier alpha value is -2.99. The van der Waals surface area contributed by atoms with Crippen molar-refractivity contribution in [3.63, 3.8) is 0 Å². The van der Waals surface area contributed by atoms with Crippen molar-refractivity contribution in [1.29, 1.82) is 0 Å². The van der Waals surface area contributed by atoms with Gasteiger partial charge in [-0.2, -0.15) is 0 Å². The largest absolute Gasteiger partial charge is 0.469 e. The van der Waals surface area contributed by atoms with Gasteiger partial charge in [-0.15, -0.1) is 0 Å². The molecule has 0 radical (unpaired) electrons. The fraction of sp³-hybridized carbons (Fsp3) is 0.407. The molecule has 0 fully saturated rings. The first kappa shape index (κ1) is 25.6. The van der Waals surface area contributed by atoms with Gasteiger partial charge in [-0.1, -0.05) is 54.1 Å². The Labute approximate surface area is 206 Å². The molecule has 3 unspecified atom stereocenters. The number of hydrogen-bond donors (Lipinski definition) is 1. The van der Waals surface area contributed by atoms with Gasteiger partial charge in [0.15, 0.2) is 0 Å². The number of ether oxygens (including phenoxy) is 2. The summed E-state index contributed by atoms with van der Waals surface area (Å²) < 4.78 is 10.4. The van der Waals surface area contributed by atoms with Crippen molar-refractivity contribution >= 4 is 23.7 Å². The van der Waals surface area contributed by atoms with Crippen LogP contribution in [0.15, 0.2) is 72.0 Å². The summed E-state index contributed by atoms with van der Waals surface area (Å²) in [6.07, 6.45) is 11.9. The molecule has 34 heavy (non-hydrogen) atoms. The highest BCUT2D eigenvalue weighted by molar-refractivity contribution is 6.30. The lowest BCUT2D eigenvalue weighted by molar-refractivity contribution is -0.141. The third kappa shape index (κ3) is 6.76. The lowest BCUT2D eigenvalue weighted by Gasteiger charge is -2.38. The molecule has 3 atom stereocenters. The monoisotopic (exact) mass is 484 g/mol. The van der Waals surface area contributed by atoms with Crippen molar-refractivity contribution in [2.75, 3.05) is 7.11 Å². The van der Waals surface area contributed by atoms with Crippen LogP contribution in [0.5, 0.6) is 0 Å². The van der Waals surface area contributed by atoms with Crippen LogP contribution in [-0.4, -0.2) is 41.8 Å². The van der Waals surface area contributed by atoms with Crippen LogP contribution in [-0.2, 0) is 20.8 Å². The van der Waals surface area contributed by atoms with E-state index >= 15 is 0 Å². The summed E-state index contributed by atoms with van der Waals surface area (Å²) in [5.41, 5.74) is 2.56. The Morgan fingerprint density at radius 1 is 1.12 bits per heavy atom. The Morgan fingerprint density at radius 2 is 1.82 bits per heavy atom. The number of esters is 1. The zero-order valence-electron chi connectivity index (χ0n) is 20.4. The van der Waals surface area contributed by atoms with E-state index in [9.17, 15) is 9.59 Å². The van der Waals surface area contributed by atoms with Gasteiger partial charge in [0.1, 0.15) is 5.60 Å². The van der Waals surface area contributed by atoms with Gasteiger partial charge >= 0.3 is 12.1 Å². The number of nitrogens with one attached hydrogen (secondary N) is 1. The number of carbonyl (C=O) groups excluding carboxylic acids is 2. The van der Waals surface area contributed by atoms with Crippen LogP contribution in [0.4, 0.5) is 4.79 Å². The summed E-state index contributed by atoms with van der Waals surface area (Å²) in [5.74, 6) is -0.324. The number of allylic oxidation sites excluding steroid dienone is 4. The van der Waals surface area contributed by atoms with Crippen molar-refractivity contribution in [3.8, 4) is 0 Å². The number of carbonyl (C=O) groups is 2. The van der Waals surface area contributed by atoms with Crippen LogP contribution in [0.2, 0.25) is 5.02 Å². The third-order valence-corrected chi connectivity index (χ3v) is 5.94. The molecule has 1 N–H and O–H groups in total. The minimum Gasteiger partial charge on any atom is -0.469 e. The van der Waals surface area contributed by atoms with Crippen LogP contribution >= 0.6 is 11.6 Å². The van der Waals surface area contributed by atoms with E-state index in [-0.39, 0.29) is 30.4 Å². The van der Waals surface area contributed by atoms with Crippen LogP contribution in [0.3, 0.4) is 0 Å². The second-order valence-corrected chi connectivity index (χ2v) is 9.96. The van der Waals surface area contributed by atoms with E-state index in [2.05, 4.69) is 22.4 Å². The van der Waals surface area contributed by atoms with Gasteiger partial charge in [-0.25, -0.2) is 4.79 Å². The normalized spacial score (nSPS) is 19.9. The lowest BCUT2D eigenvalue weighted by atomic mass is 9.82. The highest BCUT2D eigenvalue weighted by Crippen LogP contribution is 2.34. The Kier molecular flexibility index (Phi) is 8.26. The van der Waals surface area contributed by atoms with Crippen molar-refractivity contribution in [2.45, 2.75) is 58.3 Å². The summed E-state index contributed by atoms with van der Waals surface area (Å²) >= 11 is 6.08. The second-order valence-electron chi connectivity index (χ2n) is 9.53. The van der Waals surface area contributed by atoms with E-state index < -0.39 is 11.7 Å². The smallest absolute Gasteiger partial charge is 0.408 e. The average Bonchev–Trinajstić information content (AvgIpc) is 2.78. The predicted octanol–water partition coefficient (Wildman–Crippen LogP) is 5.55. The van der Waals surface area contributed by atoms with E-state index in [1.165, 1.54) is 7.11 Å². The topological polar surface area (TPSA) is 67.9 Å². The quantitative estimate of drug-likeness (QED) is 0.513. The first-order valence-corrected chi connectivity index (χ1v) is 11.8. The number of hydrogen-bond acceptors (Lipinski definition) is 5. The minimum absolute atomic E-state index is 0.0597. The molecule has 0 heterocycles. The number of nitrogens with zero attached hydrogens (tertiary/aromatic N) is 1. The molecule has 0 aromatic heterocycles. The molecule has 0 aliphatic heterocycles. The zero-order valence-corrected chi connectivity index (χ0v) is 21.1. The molecule has 1 aromatic rings. The summed E-state index contributed by atoms with van der Waals surface area (Å²) in [6, 6.07) is 7.33. The average molecular weight is 485 g/mol. The van der Waals surface area contributed by atoms with Crippen LogP contribution in [0.25, 0.3) is 0 Å². The highest BCUT2D eigenvalue weighted by atomic mass is 35.5. The van der Waals surface area contributed by atoms with Crippen LogP contribution in [0, 0.1) is 5.92 Å². The SMILES string of the molecule is COC(=O)CC(C)N(Cc1ccc(Cl)cc1)C1=C2C=CC=CC2C(NC(=O)OC(C)(C)C)C=C1. The zero-order chi connectivity index (χ0) is 24.9. The van der Waals surface area contributed by atoms with Gasteiger partial charge in [0.25, 0.3) is 0 Å². The molecule has 7 heteroatoms. The number of fused-ring (bicyclic) bond motifs is 1. The maximum atomic E-state index is 12.5. The predicted molar refractivity (Wildman–Crippen MR) is 134 cm³/mol. The third-order valence-electron chi connectivity index (χ3n) is 5.69. The molecule has 6 nitrogen and oxygen atoms in total. The molecule has 182 valence electrons. The van der Waals surface area contributed by atoms with Crippen molar-refractivity contribution < 1.29 is 19.1 Å². The van der Waals surface area contributed by atoms with E-state index in [1.54, 1.807) is 0 Å². The molecule has 0 saturated heterocycles. The summed E-state index contributed by atoms with van der Waals surface area (Å²) in [7, 11) is 1.40. The van der Waals surface area contributed by atoms with Gasteiger partial charge in [0, 0.05) is 29.2 Å². The Bertz CT molecular complexity index is 1020. The first-order chi connectivity index (χ1) is 16.1. The molecular weight excluding hydrogens is 452 g/mol. The molecule has 0 bridgehead atoms. The van der Waals surface area contributed by atoms with Crippen molar-refractivity contribution in [1.82, 2.24) is 10.2 Å². The maximum Gasteiger partial charge on any atom is 0.408 e. The standard InChI is InChI=1S/C27H33ClN2O4/c1-18(16-25(31)33-5)30(17-19-10-12-20(28)13-11-19)24-15-14-23(21-8-6-7-9-22(21)24)29-26(32)34-27(2,3)4/h6-15,18,21,23H,16-17H2,1-5H3,(H,29,32). The van der Waals surface area contributed by atoms with Gasteiger partial charge in [0.2, 0.25) is 0 Å². The fourth-order valence-electron chi connectivity index (χ4n) is 4.08. The summed E-state index contributed by atoms with van der Waals surface area (Å²) in [6.45, 7) is 8.12. The Morgan fingerprint density at radius 3 is 2.47 bits per heavy atom. The highest BCUT2D eigenvalue weighted by Gasteiger charge is 2.32. The first-order valence-electron chi connectivity index (χ1n) is 11.4. The fourth-order valence-corrected chi connectivity index (χ4v) is 4.21. The van der Waals surface area contributed by atoms with Crippen LogP contribution in [0.1, 0.15) is 39.7 Å². The second kappa shape index (κ2) is 11.0. The number of halogens is 1. The van der Waals surface area contributed by atoms with E-state index in [0.29, 0.717) is 11.6 Å². The molecule has 0 saturated carbocycles. The number of benzene rings is 1. The molecule has 2 aliphatic rings. The molecular formula is C27H33ClN2O4. The van der Waals surface area contributed by atoms with E-state index in [0.717, 1.165) is 16.8 Å². The van der Waals surface area contributed by atoms with Gasteiger partial charge in [-0.05, 0) is 57.0 Å². The Balaban J connectivity index is 1.92. The summed E-state index contributed by atoms with van der Waals surface area (Å²) in [4.78, 5) is 26.7. The maximum absolute atomic E-state index is 12.5.